The van der Waals surface area contributed by atoms with Crippen molar-refractivity contribution in [2.75, 3.05) is 6.54 Å². The quantitative estimate of drug-likeness (QED) is 0.246. The van der Waals surface area contributed by atoms with Crippen molar-refractivity contribution in [3.8, 4) is 0 Å². The van der Waals surface area contributed by atoms with Gasteiger partial charge < -0.3 is 13.4 Å². The molecule has 0 aliphatic rings. The van der Waals surface area contributed by atoms with Crippen LogP contribution < -0.4 is 0 Å². The van der Waals surface area contributed by atoms with Crippen LogP contribution in [0.4, 0.5) is 0 Å². The van der Waals surface area contributed by atoms with Crippen LogP contribution in [0, 0.1) is 0 Å². The highest BCUT2D eigenvalue weighted by Crippen LogP contribution is 2.39. The van der Waals surface area contributed by atoms with Crippen LogP contribution in [-0.4, -0.2) is 60.9 Å². The lowest BCUT2D eigenvalue weighted by Crippen LogP contribution is -2.80. The molecule has 0 heterocycles. The standard InChI is InChI=1S/C24H57N3Si2/c1-14-19-20-25(28(15-2,16-3)26(21(6)7)22(8)9)29(17-4,18-5)27(23(10)11)24(12)13/h21-24H,14-20H2,1-13H3. The zero-order valence-corrected chi connectivity index (χ0v) is 24.6. The van der Waals surface area contributed by atoms with Crippen molar-refractivity contribution in [2.24, 2.45) is 0 Å². The molecule has 0 atom stereocenters. The van der Waals surface area contributed by atoms with Gasteiger partial charge in [-0.1, -0.05) is 96.4 Å². The molecular weight excluding hydrogens is 386 g/mol. The molecule has 0 N–H and O–H groups in total. The van der Waals surface area contributed by atoms with E-state index in [9.17, 15) is 0 Å². The van der Waals surface area contributed by atoms with Crippen molar-refractivity contribution in [3.05, 3.63) is 0 Å². The third-order valence-electron chi connectivity index (χ3n) is 7.19. The van der Waals surface area contributed by atoms with Crippen LogP contribution >= 0.6 is 0 Å². The lowest BCUT2D eigenvalue weighted by molar-refractivity contribution is 0.234. The largest absolute Gasteiger partial charge is 0.321 e. The number of hydrogen-bond acceptors (Lipinski definition) is 3. The SMILES string of the molecule is CCCCN([Si](CC)(CC)N(C(C)C)C(C)C)[Si](CC)(CC)N(C(C)C)C(C)C. The Hall–Kier alpha value is 0.314. The summed E-state index contributed by atoms with van der Waals surface area (Å²) in [6, 6.07) is 7.78. The highest BCUT2D eigenvalue weighted by molar-refractivity contribution is 6.90. The maximum Gasteiger partial charge on any atom is 0.200 e. The van der Waals surface area contributed by atoms with E-state index in [1.165, 1.54) is 43.6 Å². The van der Waals surface area contributed by atoms with Crippen molar-refractivity contribution < 1.29 is 0 Å². The molecule has 0 spiro atoms. The van der Waals surface area contributed by atoms with E-state index in [-0.39, 0.29) is 0 Å². The van der Waals surface area contributed by atoms with Gasteiger partial charge in [0.25, 0.3) is 0 Å². The molecule has 0 aromatic heterocycles. The van der Waals surface area contributed by atoms with Gasteiger partial charge in [0.15, 0.2) is 0 Å². The summed E-state index contributed by atoms with van der Waals surface area (Å²) in [5.41, 5.74) is 0. The lowest BCUT2D eigenvalue weighted by atomic mass is 10.3. The van der Waals surface area contributed by atoms with Gasteiger partial charge in [0.2, 0.25) is 16.8 Å². The molecule has 0 rings (SSSR count). The molecule has 0 aliphatic heterocycles. The first-order valence-electron chi connectivity index (χ1n) is 12.8. The van der Waals surface area contributed by atoms with Crippen molar-refractivity contribution in [1.29, 1.82) is 0 Å². The van der Waals surface area contributed by atoms with Gasteiger partial charge in [-0.05, 0) is 61.3 Å². The minimum absolute atomic E-state index is 0.609. The van der Waals surface area contributed by atoms with Crippen molar-refractivity contribution in [2.45, 2.75) is 151 Å². The fraction of sp³-hybridized carbons (Fsp3) is 1.00. The topological polar surface area (TPSA) is 9.72 Å². The maximum atomic E-state index is 3.25. The summed E-state index contributed by atoms with van der Waals surface area (Å²) in [7, 11) is -3.62. The van der Waals surface area contributed by atoms with Gasteiger partial charge in [-0.3, -0.25) is 0 Å². The molecule has 0 radical (unpaired) electrons. The van der Waals surface area contributed by atoms with Crippen molar-refractivity contribution >= 4 is 16.8 Å². The van der Waals surface area contributed by atoms with E-state index in [1.54, 1.807) is 0 Å². The predicted molar refractivity (Wildman–Crippen MR) is 139 cm³/mol. The van der Waals surface area contributed by atoms with Gasteiger partial charge in [-0.25, -0.2) is 0 Å². The second-order valence-corrected chi connectivity index (χ2v) is 19.4. The van der Waals surface area contributed by atoms with Crippen molar-refractivity contribution in [3.63, 3.8) is 0 Å². The molecule has 176 valence electrons. The lowest BCUT2D eigenvalue weighted by Gasteiger charge is -2.62. The van der Waals surface area contributed by atoms with Gasteiger partial charge in [-0.15, -0.1) is 0 Å². The fourth-order valence-corrected chi connectivity index (χ4v) is 21.7. The second kappa shape index (κ2) is 13.0. The highest BCUT2D eigenvalue weighted by atomic mass is 28.4. The third-order valence-corrected chi connectivity index (χ3v) is 20.7. The van der Waals surface area contributed by atoms with Gasteiger partial charge in [0.05, 0.1) is 0 Å². The van der Waals surface area contributed by atoms with E-state index in [1.807, 2.05) is 0 Å². The Morgan fingerprint density at radius 2 is 0.793 bits per heavy atom. The Morgan fingerprint density at radius 1 is 0.517 bits per heavy atom. The Morgan fingerprint density at radius 3 is 0.966 bits per heavy atom. The smallest absolute Gasteiger partial charge is 0.200 e. The molecule has 0 aromatic carbocycles. The van der Waals surface area contributed by atoms with Crippen molar-refractivity contribution in [1.82, 2.24) is 13.4 Å². The molecule has 0 amide bonds. The zero-order valence-electron chi connectivity index (χ0n) is 22.6. The summed E-state index contributed by atoms with van der Waals surface area (Å²) >= 11 is 0. The first kappa shape index (κ1) is 29.3. The number of rotatable bonds is 15. The molecule has 0 saturated carbocycles. The van der Waals surface area contributed by atoms with E-state index in [2.05, 4.69) is 103 Å². The number of unbranched alkanes of at least 4 members (excludes halogenated alkanes) is 1. The maximum absolute atomic E-state index is 3.25. The number of hydrogen-bond donors (Lipinski definition) is 0. The van der Waals surface area contributed by atoms with Gasteiger partial charge in [0, 0.05) is 0 Å². The Balaban J connectivity index is 6.96. The molecule has 0 aromatic rings. The summed E-state index contributed by atoms with van der Waals surface area (Å²) in [5.74, 6) is 0. The number of nitrogens with zero attached hydrogens (tertiary/aromatic N) is 3. The van der Waals surface area contributed by atoms with E-state index in [0.717, 1.165) is 0 Å². The third kappa shape index (κ3) is 6.18. The summed E-state index contributed by atoms with van der Waals surface area (Å²) < 4.78 is 9.24. The van der Waals surface area contributed by atoms with Crippen LogP contribution in [0.5, 0.6) is 0 Å². The van der Waals surface area contributed by atoms with E-state index >= 15 is 0 Å². The summed E-state index contributed by atoms with van der Waals surface area (Å²) in [6.45, 7) is 33.2. The molecule has 0 saturated heterocycles. The van der Waals surface area contributed by atoms with Crippen LogP contribution in [0.3, 0.4) is 0 Å². The summed E-state index contributed by atoms with van der Waals surface area (Å²) in [5, 5.41) is 0. The van der Waals surface area contributed by atoms with Gasteiger partial charge in [-0.2, -0.15) is 0 Å². The van der Waals surface area contributed by atoms with Gasteiger partial charge in [0.1, 0.15) is 0 Å². The average Bonchev–Trinajstić information content (AvgIpc) is 2.64. The Kier molecular flexibility index (Phi) is 13.1. The zero-order chi connectivity index (χ0) is 23.0. The highest BCUT2D eigenvalue weighted by Gasteiger charge is 2.55. The van der Waals surface area contributed by atoms with Crippen LogP contribution in [0.25, 0.3) is 0 Å². The molecule has 3 nitrogen and oxygen atoms in total. The molecule has 0 bridgehead atoms. The average molecular weight is 444 g/mol. The van der Waals surface area contributed by atoms with Crippen LogP contribution in [0.15, 0.2) is 0 Å². The monoisotopic (exact) mass is 443 g/mol. The minimum atomic E-state index is -1.81. The normalized spacial score (nSPS) is 14.1. The molecule has 0 unspecified atom stereocenters. The first-order valence-corrected chi connectivity index (χ1v) is 17.4. The molecule has 5 heteroatoms. The second-order valence-electron chi connectivity index (χ2n) is 10.1. The van der Waals surface area contributed by atoms with E-state index in [0.29, 0.717) is 24.2 Å². The van der Waals surface area contributed by atoms with Gasteiger partial charge >= 0.3 is 0 Å². The van der Waals surface area contributed by atoms with Crippen LogP contribution in [0.1, 0.15) is 103 Å². The molecule has 0 fully saturated rings. The Labute approximate surface area is 187 Å². The predicted octanol–water partition coefficient (Wildman–Crippen LogP) is 7.29. The fourth-order valence-electron chi connectivity index (χ4n) is 6.51. The summed E-state index contributed by atoms with van der Waals surface area (Å²) in [4.78, 5) is 0. The van der Waals surface area contributed by atoms with E-state index < -0.39 is 16.8 Å². The minimum Gasteiger partial charge on any atom is -0.321 e. The summed E-state index contributed by atoms with van der Waals surface area (Å²) in [6.07, 6.45) is 2.62. The molecule has 0 aliphatic carbocycles. The molecular formula is C24H57N3Si2. The Bertz CT molecular complexity index is 378. The first-order chi connectivity index (χ1) is 13.5. The van der Waals surface area contributed by atoms with Crippen LogP contribution in [-0.2, 0) is 0 Å². The molecule has 29 heavy (non-hydrogen) atoms. The van der Waals surface area contributed by atoms with E-state index in [4.69, 9.17) is 0 Å². The van der Waals surface area contributed by atoms with Crippen LogP contribution in [0.2, 0.25) is 24.2 Å².